The standard InChI is InChI=1S/C16H22O4/c1-12(2)16(18)19-10-9-15(11-13(3)17)20-14-7-5-4-6-8-14/h4-8,13,15,17H,1,9-11H2,2-3H3. The van der Waals surface area contributed by atoms with Crippen molar-refractivity contribution >= 4 is 5.97 Å². The number of hydrogen-bond donors (Lipinski definition) is 1. The molecule has 1 aromatic carbocycles. The third-order valence-corrected chi connectivity index (χ3v) is 2.67. The molecule has 4 nitrogen and oxygen atoms in total. The highest BCUT2D eigenvalue weighted by Crippen LogP contribution is 2.16. The quantitative estimate of drug-likeness (QED) is 0.587. The van der Waals surface area contributed by atoms with E-state index < -0.39 is 12.1 Å². The first-order chi connectivity index (χ1) is 9.49. The predicted molar refractivity (Wildman–Crippen MR) is 77.5 cm³/mol. The zero-order chi connectivity index (χ0) is 15.0. The van der Waals surface area contributed by atoms with Gasteiger partial charge in [-0.25, -0.2) is 4.79 Å². The number of hydrogen-bond acceptors (Lipinski definition) is 4. The number of para-hydroxylation sites is 1. The maximum absolute atomic E-state index is 11.3. The van der Waals surface area contributed by atoms with Gasteiger partial charge in [-0.05, 0) is 26.0 Å². The molecule has 0 saturated carbocycles. The summed E-state index contributed by atoms with van der Waals surface area (Å²) in [6.07, 6.45) is 0.342. The van der Waals surface area contributed by atoms with Gasteiger partial charge in [0.2, 0.25) is 0 Å². The molecule has 0 saturated heterocycles. The van der Waals surface area contributed by atoms with Crippen molar-refractivity contribution in [1.82, 2.24) is 0 Å². The van der Waals surface area contributed by atoms with Gasteiger partial charge in [-0.2, -0.15) is 0 Å². The van der Waals surface area contributed by atoms with Crippen molar-refractivity contribution in [3.8, 4) is 5.75 Å². The summed E-state index contributed by atoms with van der Waals surface area (Å²) in [5, 5.41) is 9.50. The average Bonchev–Trinajstić information content (AvgIpc) is 2.38. The Labute approximate surface area is 120 Å². The molecule has 0 aliphatic heterocycles. The van der Waals surface area contributed by atoms with Crippen LogP contribution in [0.3, 0.4) is 0 Å². The summed E-state index contributed by atoms with van der Waals surface area (Å²) in [4.78, 5) is 11.3. The Bertz CT molecular complexity index is 425. The molecule has 0 radical (unpaired) electrons. The molecule has 0 spiro atoms. The fraction of sp³-hybridized carbons (Fsp3) is 0.438. The van der Waals surface area contributed by atoms with Crippen molar-refractivity contribution in [2.24, 2.45) is 0 Å². The molecule has 4 heteroatoms. The maximum Gasteiger partial charge on any atom is 0.333 e. The van der Waals surface area contributed by atoms with E-state index in [1.54, 1.807) is 13.8 Å². The largest absolute Gasteiger partial charge is 0.490 e. The number of benzene rings is 1. The minimum Gasteiger partial charge on any atom is -0.490 e. The number of esters is 1. The Kier molecular flexibility index (Phi) is 6.81. The van der Waals surface area contributed by atoms with Crippen LogP contribution in [-0.2, 0) is 9.53 Å². The third-order valence-electron chi connectivity index (χ3n) is 2.67. The SMILES string of the molecule is C=C(C)C(=O)OCCC(CC(C)O)Oc1ccccc1. The van der Waals surface area contributed by atoms with Crippen LogP contribution in [0.15, 0.2) is 42.5 Å². The molecule has 0 heterocycles. The number of rotatable bonds is 8. The molecule has 1 aromatic rings. The molecule has 0 amide bonds. The lowest BCUT2D eigenvalue weighted by Gasteiger charge is -2.20. The first kappa shape index (κ1) is 16.2. The summed E-state index contributed by atoms with van der Waals surface area (Å²) in [5.74, 6) is 0.338. The predicted octanol–water partition coefficient (Wildman–Crippen LogP) is 2.71. The fourth-order valence-electron chi connectivity index (χ4n) is 1.70. The second kappa shape index (κ2) is 8.38. The van der Waals surface area contributed by atoms with Crippen molar-refractivity contribution in [2.75, 3.05) is 6.61 Å². The Hall–Kier alpha value is -1.81. The normalized spacial score (nSPS) is 13.3. The first-order valence-electron chi connectivity index (χ1n) is 6.71. The van der Waals surface area contributed by atoms with Gasteiger partial charge in [0.1, 0.15) is 11.9 Å². The molecular weight excluding hydrogens is 256 g/mol. The molecule has 0 bridgehead atoms. The van der Waals surface area contributed by atoms with Gasteiger partial charge in [0.15, 0.2) is 0 Å². The van der Waals surface area contributed by atoms with Gasteiger partial charge in [-0.3, -0.25) is 0 Å². The Balaban J connectivity index is 2.48. The van der Waals surface area contributed by atoms with Crippen LogP contribution < -0.4 is 4.74 Å². The average molecular weight is 278 g/mol. The number of carbonyl (C=O) groups excluding carboxylic acids is 1. The number of carbonyl (C=O) groups is 1. The summed E-state index contributed by atoms with van der Waals surface area (Å²) in [7, 11) is 0. The van der Waals surface area contributed by atoms with Crippen molar-refractivity contribution in [3.63, 3.8) is 0 Å². The van der Waals surface area contributed by atoms with Crippen LogP contribution >= 0.6 is 0 Å². The summed E-state index contributed by atoms with van der Waals surface area (Å²) < 4.78 is 10.8. The molecule has 0 aliphatic carbocycles. The lowest BCUT2D eigenvalue weighted by molar-refractivity contribution is -0.139. The van der Waals surface area contributed by atoms with Gasteiger partial charge in [-0.15, -0.1) is 0 Å². The van der Waals surface area contributed by atoms with E-state index in [4.69, 9.17) is 9.47 Å². The van der Waals surface area contributed by atoms with Crippen LogP contribution in [0.5, 0.6) is 5.75 Å². The van der Waals surface area contributed by atoms with Gasteiger partial charge >= 0.3 is 5.97 Å². The molecule has 2 unspecified atom stereocenters. The van der Waals surface area contributed by atoms with Gasteiger partial charge in [-0.1, -0.05) is 24.8 Å². The molecule has 1 rings (SSSR count). The van der Waals surface area contributed by atoms with Crippen LogP contribution in [0.25, 0.3) is 0 Å². The van der Waals surface area contributed by atoms with E-state index >= 15 is 0 Å². The van der Waals surface area contributed by atoms with Crippen molar-refractivity contribution in [1.29, 1.82) is 0 Å². The summed E-state index contributed by atoms with van der Waals surface area (Å²) in [5.41, 5.74) is 0.376. The van der Waals surface area contributed by atoms with E-state index in [0.29, 0.717) is 18.4 Å². The molecule has 0 aliphatic rings. The van der Waals surface area contributed by atoms with Crippen LogP contribution in [0.1, 0.15) is 26.7 Å². The van der Waals surface area contributed by atoms with Crippen molar-refractivity contribution in [2.45, 2.75) is 38.9 Å². The van der Waals surface area contributed by atoms with E-state index in [1.165, 1.54) is 0 Å². The van der Waals surface area contributed by atoms with Gasteiger partial charge < -0.3 is 14.6 Å². The van der Waals surface area contributed by atoms with Crippen molar-refractivity contribution in [3.05, 3.63) is 42.5 Å². The third kappa shape index (κ3) is 6.38. The lowest BCUT2D eigenvalue weighted by atomic mass is 10.1. The highest BCUT2D eigenvalue weighted by Gasteiger charge is 2.15. The second-order valence-electron chi connectivity index (χ2n) is 4.84. The van der Waals surface area contributed by atoms with Crippen LogP contribution in [0, 0.1) is 0 Å². The summed E-state index contributed by atoms with van der Waals surface area (Å²) >= 11 is 0. The van der Waals surface area contributed by atoms with E-state index in [1.807, 2.05) is 30.3 Å². The highest BCUT2D eigenvalue weighted by molar-refractivity contribution is 5.86. The summed E-state index contributed by atoms with van der Waals surface area (Å²) in [6.45, 7) is 7.09. The molecule has 0 fully saturated rings. The maximum atomic E-state index is 11.3. The van der Waals surface area contributed by atoms with Crippen LogP contribution in [-0.4, -0.2) is 29.9 Å². The van der Waals surface area contributed by atoms with Gasteiger partial charge in [0.05, 0.1) is 12.7 Å². The van der Waals surface area contributed by atoms with E-state index in [-0.39, 0.29) is 12.7 Å². The monoisotopic (exact) mass is 278 g/mol. The molecule has 20 heavy (non-hydrogen) atoms. The number of ether oxygens (including phenoxy) is 2. The Morgan fingerprint density at radius 2 is 2.00 bits per heavy atom. The molecule has 110 valence electrons. The van der Waals surface area contributed by atoms with E-state index in [9.17, 15) is 9.90 Å². The lowest BCUT2D eigenvalue weighted by Crippen LogP contribution is -2.24. The van der Waals surface area contributed by atoms with Crippen molar-refractivity contribution < 1.29 is 19.4 Å². The highest BCUT2D eigenvalue weighted by atomic mass is 16.5. The fourth-order valence-corrected chi connectivity index (χ4v) is 1.70. The van der Waals surface area contributed by atoms with Crippen LogP contribution in [0.2, 0.25) is 0 Å². The van der Waals surface area contributed by atoms with Crippen LogP contribution in [0.4, 0.5) is 0 Å². The smallest absolute Gasteiger partial charge is 0.333 e. The Morgan fingerprint density at radius 1 is 1.35 bits per heavy atom. The number of aliphatic hydroxyl groups is 1. The number of aliphatic hydroxyl groups excluding tert-OH is 1. The Morgan fingerprint density at radius 3 is 2.55 bits per heavy atom. The summed E-state index contributed by atoms with van der Waals surface area (Å²) in [6, 6.07) is 9.39. The minimum atomic E-state index is -0.472. The van der Waals surface area contributed by atoms with Gasteiger partial charge in [0, 0.05) is 18.4 Å². The molecule has 2 atom stereocenters. The minimum absolute atomic E-state index is 0.199. The first-order valence-corrected chi connectivity index (χ1v) is 6.71. The second-order valence-corrected chi connectivity index (χ2v) is 4.84. The molecule has 0 aromatic heterocycles. The van der Waals surface area contributed by atoms with E-state index in [0.717, 1.165) is 5.75 Å². The molecule has 1 N–H and O–H groups in total. The topological polar surface area (TPSA) is 55.8 Å². The van der Waals surface area contributed by atoms with E-state index in [2.05, 4.69) is 6.58 Å². The van der Waals surface area contributed by atoms with Gasteiger partial charge in [0.25, 0.3) is 0 Å². The zero-order valence-electron chi connectivity index (χ0n) is 12.0. The molecular formula is C16H22O4. The zero-order valence-corrected chi connectivity index (χ0v) is 12.0.